The van der Waals surface area contributed by atoms with Crippen molar-refractivity contribution < 1.29 is 17.9 Å². The van der Waals surface area contributed by atoms with Crippen LogP contribution in [0.5, 0.6) is 5.75 Å². The molecule has 1 N–H and O–H groups in total. The van der Waals surface area contributed by atoms with Crippen molar-refractivity contribution in [2.75, 3.05) is 22.8 Å². The third-order valence-electron chi connectivity index (χ3n) is 4.28. The average molecular weight is 374 g/mol. The number of rotatable bonds is 5. The molecule has 2 aromatic rings. The average Bonchev–Trinajstić information content (AvgIpc) is 2.61. The fraction of sp³-hybridized carbons (Fsp3) is 0.316. The Morgan fingerprint density at radius 3 is 2.58 bits per heavy atom. The predicted molar refractivity (Wildman–Crippen MR) is 101 cm³/mol. The number of aryl methyl sites for hydroxylation is 1. The Bertz CT molecular complexity index is 908. The molecule has 0 radical (unpaired) electrons. The minimum Gasteiger partial charge on any atom is -0.494 e. The van der Waals surface area contributed by atoms with Gasteiger partial charge in [0.2, 0.25) is 5.91 Å². The number of carbonyl (C=O) groups excluding carboxylic acids is 1. The number of anilines is 2. The molecule has 0 bridgehead atoms. The van der Waals surface area contributed by atoms with E-state index in [4.69, 9.17) is 4.74 Å². The van der Waals surface area contributed by atoms with Crippen molar-refractivity contribution in [2.24, 2.45) is 0 Å². The molecule has 0 fully saturated rings. The van der Waals surface area contributed by atoms with E-state index < -0.39 is 10.0 Å². The van der Waals surface area contributed by atoms with E-state index in [0.29, 0.717) is 24.6 Å². The van der Waals surface area contributed by atoms with Gasteiger partial charge in [0, 0.05) is 24.8 Å². The SMILES string of the molecule is CCOc1ccc(S(=O)(=O)Nc2ccc3c(c2)CCCN3C(C)=O)cc1. The number of fused-ring (bicyclic) bond motifs is 1. The Balaban J connectivity index is 1.83. The summed E-state index contributed by atoms with van der Waals surface area (Å²) in [5.74, 6) is 0.623. The van der Waals surface area contributed by atoms with Gasteiger partial charge in [0.05, 0.1) is 11.5 Å². The number of nitrogens with zero attached hydrogens (tertiary/aromatic N) is 1. The molecule has 0 unspecified atom stereocenters. The number of hydrogen-bond donors (Lipinski definition) is 1. The molecule has 1 aliphatic rings. The number of carbonyl (C=O) groups is 1. The lowest BCUT2D eigenvalue weighted by Crippen LogP contribution is -2.33. The molecule has 6 nitrogen and oxygen atoms in total. The molecule has 7 heteroatoms. The number of nitrogens with one attached hydrogen (secondary N) is 1. The molecule has 0 saturated heterocycles. The zero-order valence-electron chi connectivity index (χ0n) is 14.9. The van der Waals surface area contributed by atoms with Crippen molar-refractivity contribution >= 4 is 27.3 Å². The van der Waals surface area contributed by atoms with Gasteiger partial charge >= 0.3 is 0 Å². The number of sulfonamides is 1. The summed E-state index contributed by atoms with van der Waals surface area (Å²) < 4.78 is 33.1. The van der Waals surface area contributed by atoms with Gasteiger partial charge in [-0.2, -0.15) is 0 Å². The van der Waals surface area contributed by atoms with Crippen molar-refractivity contribution in [3.8, 4) is 5.75 Å². The molecule has 0 saturated carbocycles. The van der Waals surface area contributed by atoms with Crippen LogP contribution in [-0.2, 0) is 21.2 Å². The summed E-state index contributed by atoms with van der Waals surface area (Å²) in [5, 5.41) is 0. The highest BCUT2D eigenvalue weighted by atomic mass is 32.2. The lowest BCUT2D eigenvalue weighted by molar-refractivity contribution is -0.116. The molecule has 0 aromatic heterocycles. The number of amides is 1. The normalized spacial score (nSPS) is 13.8. The Morgan fingerprint density at radius 1 is 1.19 bits per heavy atom. The monoisotopic (exact) mass is 374 g/mol. The Labute approximate surface area is 153 Å². The minimum atomic E-state index is -3.69. The maximum absolute atomic E-state index is 12.6. The Morgan fingerprint density at radius 2 is 1.92 bits per heavy atom. The predicted octanol–water partition coefficient (Wildman–Crippen LogP) is 3.19. The highest BCUT2D eigenvalue weighted by Crippen LogP contribution is 2.30. The van der Waals surface area contributed by atoms with Crippen molar-refractivity contribution in [3.05, 3.63) is 48.0 Å². The molecule has 2 aromatic carbocycles. The van der Waals surface area contributed by atoms with Gasteiger partial charge in [-0.25, -0.2) is 8.42 Å². The minimum absolute atomic E-state index is 0.00586. The Hall–Kier alpha value is -2.54. The van der Waals surface area contributed by atoms with Crippen LogP contribution in [0.4, 0.5) is 11.4 Å². The van der Waals surface area contributed by atoms with Gasteiger partial charge in [0.1, 0.15) is 5.75 Å². The molecule has 138 valence electrons. The lowest BCUT2D eigenvalue weighted by atomic mass is 10.0. The van der Waals surface area contributed by atoms with E-state index in [1.165, 1.54) is 19.1 Å². The molecular formula is C19H22N2O4S. The first-order valence-corrected chi connectivity index (χ1v) is 10.1. The zero-order chi connectivity index (χ0) is 18.7. The van der Waals surface area contributed by atoms with Crippen LogP contribution < -0.4 is 14.4 Å². The van der Waals surface area contributed by atoms with E-state index in [1.807, 2.05) is 6.92 Å². The van der Waals surface area contributed by atoms with Gasteiger partial charge in [0.25, 0.3) is 10.0 Å². The molecule has 0 aliphatic carbocycles. The standard InChI is InChI=1S/C19H22N2O4S/c1-3-25-17-7-9-18(10-8-17)26(23,24)20-16-6-11-19-15(13-16)5-4-12-21(19)14(2)22/h6-11,13,20H,3-5,12H2,1-2H3. The van der Waals surface area contributed by atoms with Crippen LogP contribution >= 0.6 is 0 Å². The summed E-state index contributed by atoms with van der Waals surface area (Å²) in [6.45, 7) is 4.63. The summed E-state index contributed by atoms with van der Waals surface area (Å²) >= 11 is 0. The van der Waals surface area contributed by atoms with Crippen LogP contribution in [0.1, 0.15) is 25.8 Å². The van der Waals surface area contributed by atoms with Gasteiger partial charge in [0.15, 0.2) is 0 Å². The lowest BCUT2D eigenvalue weighted by Gasteiger charge is -2.29. The van der Waals surface area contributed by atoms with Crippen LogP contribution in [-0.4, -0.2) is 27.5 Å². The zero-order valence-corrected chi connectivity index (χ0v) is 15.7. The van der Waals surface area contributed by atoms with Gasteiger partial charge < -0.3 is 9.64 Å². The smallest absolute Gasteiger partial charge is 0.261 e. The number of hydrogen-bond acceptors (Lipinski definition) is 4. The molecular weight excluding hydrogens is 352 g/mol. The van der Waals surface area contributed by atoms with Crippen molar-refractivity contribution in [3.63, 3.8) is 0 Å². The van der Waals surface area contributed by atoms with E-state index in [1.54, 1.807) is 35.2 Å². The largest absolute Gasteiger partial charge is 0.494 e. The van der Waals surface area contributed by atoms with Gasteiger partial charge in [-0.05, 0) is 67.8 Å². The summed E-state index contributed by atoms with van der Waals surface area (Å²) in [6, 6.07) is 11.6. The first kappa shape index (κ1) is 18.3. The van der Waals surface area contributed by atoms with Crippen LogP contribution in [0.15, 0.2) is 47.4 Å². The molecule has 0 atom stereocenters. The highest BCUT2D eigenvalue weighted by Gasteiger charge is 2.21. The van der Waals surface area contributed by atoms with Crippen LogP contribution in [0, 0.1) is 0 Å². The topological polar surface area (TPSA) is 75.7 Å². The molecule has 0 spiro atoms. The summed E-state index contributed by atoms with van der Waals surface area (Å²) in [7, 11) is -3.69. The number of benzene rings is 2. The molecule has 26 heavy (non-hydrogen) atoms. The number of ether oxygens (including phenoxy) is 1. The van der Waals surface area contributed by atoms with E-state index in [0.717, 1.165) is 24.1 Å². The van der Waals surface area contributed by atoms with E-state index in [2.05, 4.69) is 4.72 Å². The van der Waals surface area contributed by atoms with Crippen LogP contribution in [0.25, 0.3) is 0 Å². The van der Waals surface area contributed by atoms with Gasteiger partial charge in [-0.3, -0.25) is 9.52 Å². The van der Waals surface area contributed by atoms with E-state index >= 15 is 0 Å². The summed E-state index contributed by atoms with van der Waals surface area (Å²) in [6.07, 6.45) is 1.68. The molecule has 1 aliphatic heterocycles. The first-order chi connectivity index (χ1) is 12.4. The second-order valence-corrected chi connectivity index (χ2v) is 7.81. The summed E-state index contributed by atoms with van der Waals surface area (Å²) in [4.78, 5) is 13.6. The molecule has 1 heterocycles. The molecule has 1 amide bonds. The maximum Gasteiger partial charge on any atom is 0.261 e. The van der Waals surface area contributed by atoms with Crippen LogP contribution in [0.3, 0.4) is 0 Å². The van der Waals surface area contributed by atoms with Gasteiger partial charge in [-0.1, -0.05) is 0 Å². The molecule has 3 rings (SSSR count). The third kappa shape index (κ3) is 3.83. The van der Waals surface area contributed by atoms with E-state index in [9.17, 15) is 13.2 Å². The highest BCUT2D eigenvalue weighted by molar-refractivity contribution is 7.92. The Kier molecular flexibility index (Phi) is 5.18. The van der Waals surface area contributed by atoms with E-state index in [-0.39, 0.29) is 10.8 Å². The van der Waals surface area contributed by atoms with Crippen LogP contribution in [0.2, 0.25) is 0 Å². The third-order valence-corrected chi connectivity index (χ3v) is 5.67. The van der Waals surface area contributed by atoms with Crippen molar-refractivity contribution in [1.82, 2.24) is 0 Å². The quantitative estimate of drug-likeness (QED) is 0.872. The van der Waals surface area contributed by atoms with Crippen molar-refractivity contribution in [1.29, 1.82) is 0 Å². The second-order valence-electron chi connectivity index (χ2n) is 6.13. The van der Waals surface area contributed by atoms with Crippen molar-refractivity contribution in [2.45, 2.75) is 31.6 Å². The fourth-order valence-corrected chi connectivity index (χ4v) is 4.13. The fourth-order valence-electron chi connectivity index (χ4n) is 3.08. The second kappa shape index (κ2) is 7.37. The van der Waals surface area contributed by atoms with Gasteiger partial charge in [-0.15, -0.1) is 0 Å². The summed E-state index contributed by atoms with van der Waals surface area (Å²) in [5.41, 5.74) is 2.31. The maximum atomic E-state index is 12.6. The first-order valence-electron chi connectivity index (χ1n) is 8.57.